The summed E-state index contributed by atoms with van der Waals surface area (Å²) in [5.41, 5.74) is 1.49. The van der Waals surface area contributed by atoms with Crippen LogP contribution in [0.25, 0.3) is 0 Å². The first-order chi connectivity index (χ1) is 13.4. The molecule has 3 aromatic rings. The molecule has 144 valence electrons. The van der Waals surface area contributed by atoms with Gasteiger partial charge in [0, 0.05) is 22.8 Å². The molecule has 5 nitrogen and oxygen atoms in total. The lowest BCUT2D eigenvalue weighted by atomic mass is 10.2. The molecule has 0 unspecified atom stereocenters. The number of rotatable bonds is 6. The summed E-state index contributed by atoms with van der Waals surface area (Å²) in [6.45, 7) is 2.03. The highest BCUT2D eigenvalue weighted by Gasteiger charge is 2.23. The lowest BCUT2D eigenvalue weighted by Gasteiger charge is -2.23. The average molecular weight is 415 g/mol. The zero-order valence-corrected chi connectivity index (χ0v) is 16.7. The second-order valence-corrected chi connectivity index (χ2v) is 8.29. The van der Waals surface area contributed by atoms with Crippen molar-refractivity contribution in [2.45, 2.75) is 11.8 Å². The number of carbonyl (C=O) groups is 1. The van der Waals surface area contributed by atoms with Crippen molar-refractivity contribution in [2.24, 2.45) is 0 Å². The van der Waals surface area contributed by atoms with Gasteiger partial charge in [0.2, 0.25) is 0 Å². The number of sulfonamides is 1. The minimum absolute atomic E-state index is 0.222. The summed E-state index contributed by atoms with van der Waals surface area (Å²) < 4.78 is 27.1. The van der Waals surface area contributed by atoms with Gasteiger partial charge in [0.15, 0.2) is 0 Å². The Bertz CT molecular complexity index is 1070. The van der Waals surface area contributed by atoms with Gasteiger partial charge in [-0.1, -0.05) is 35.9 Å². The average Bonchev–Trinajstić information content (AvgIpc) is 2.69. The molecule has 1 amide bonds. The maximum absolute atomic E-state index is 12.9. The van der Waals surface area contributed by atoms with Crippen molar-refractivity contribution >= 4 is 38.9 Å². The van der Waals surface area contributed by atoms with Crippen LogP contribution in [-0.2, 0) is 10.0 Å². The van der Waals surface area contributed by atoms with Gasteiger partial charge in [-0.15, -0.1) is 0 Å². The van der Waals surface area contributed by atoms with E-state index in [1.807, 2.05) is 0 Å². The fourth-order valence-corrected chi connectivity index (χ4v) is 4.44. The summed E-state index contributed by atoms with van der Waals surface area (Å²) >= 11 is 5.93. The Morgan fingerprint density at radius 3 is 2.25 bits per heavy atom. The van der Waals surface area contributed by atoms with Crippen LogP contribution in [0.5, 0.6) is 0 Å². The molecule has 0 aliphatic heterocycles. The van der Waals surface area contributed by atoms with Crippen LogP contribution in [0.1, 0.15) is 17.3 Å². The zero-order chi connectivity index (χ0) is 20.1. The molecule has 0 saturated heterocycles. The van der Waals surface area contributed by atoms with E-state index in [2.05, 4.69) is 5.32 Å². The lowest BCUT2D eigenvalue weighted by molar-refractivity contribution is 0.102. The van der Waals surface area contributed by atoms with Gasteiger partial charge < -0.3 is 5.32 Å². The smallest absolute Gasteiger partial charge is 0.264 e. The van der Waals surface area contributed by atoms with Crippen LogP contribution in [0.2, 0.25) is 5.02 Å². The van der Waals surface area contributed by atoms with Gasteiger partial charge in [-0.3, -0.25) is 9.10 Å². The Kier molecular flexibility index (Phi) is 6.02. The maximum atomic E-state index is 12.9. The molecule has 3 rings (SSSR count). The Morgan fingerprint density at radius 2 is 1.64 bits per heavy atom. The number of halogens is 1. The van der Waals surface area contributed by atoms with E-state index >= 15 is 0 Å². The Balaban J connectivity index is 1.81. The molecule has 28 heavy (non-hydrogen) atoms. The number of amides is 1. The highest BCUT2D eigenvalue weighted by molar-refractivity contribution is 7.92. The summed E-state index contributed by atoms with van der Waals surface area (Å²) in [7, 11) is -3.67. The van der Waals surface area contributed by atoms with Crippen molar-refractivity contribution in [3.05, 3.63) is 89.4 Å². The molecule has 0 saturated carbocycles. The van der Waals surface area contributed by atoms with Crippen LogP contribution < -0.4 is 9.62 Å². The molecule has 0 aliphatic rings. The molecular weight excluding hydrogens is 396 g/mol. The molecule has 3 aromatic carbocycles. The van der Waals surface area contributed by atoms with Crippen LogP contribution in [0.15, 0.2) is 83.8 Å². The van der Waals surface area contributed by atoms with Gasteiger partial charge >= 0.3 is 0 Å². The van der Waals surface area contributed by atoms with Crippen molar-refractivity contribution in [3.8, 4) is 0 Å². The molecular formula is C21H19ClN2O3S. The maximum Gasteiger partial charge on any atom is 0.264 e. The molecule has 0 bridgehead atoms. The number of hydrogen-bond donors (Lipinski definition) is 1. The van der Waals surface area contributed by atoms with E-state index in [1.165, 1.54) is 4.31 Å². The van der Waals surface area contributed by atoms with Gasteiger partial charge in [0.1, 0.15) is 0 Å². The summed E-state index contributed by atoms with van der Waals surface area (Å²) in [5, 5.41) is 3.29. The van der Waals surface area contributed by atoms with E-state index in [9.17, 15) is 13.2 Å². The van der Waals surface area contributed by atoms with E-state index in [0.29, 0.717) is 22.0 Å². The van der Waals surface area contributed by atoms with E-state index < -0.39 is 10.0 Å². The first-order valence-corrected chi connectivity index (χ1v) is 10.5. The van der Waals surface area contributed by atoms with E-state index in [0.717, 1.165) is 0 Å². The zero-order valence-electron chi connectivity index (χ0n) is 15.2. The van der Waals surface area contributed by atoms with E-state index in [4.69, 9.17) is 11.6 Å². The predicted molar refractivity (Wildman–Crippen MR) is 112 cm³/mol. The van der Waals surface area contributed by atoms with Crippen molar-refractivity contribution in [2.75, 3.05) is 16.2 Å². The van der Waals surface area contributed by atoms with Crippen molar-refractivity contribution in [1.29, 1.82) is 0 Å². The second-order valence-electron chi connectivity index (χ2n) is 5.99. The molecule has 0 radical (unpaired) electrons. The van der Waals surface area contributed by atoms with Gasteiger partial charge in [0.05, 0.1) is 10.6 Å². The number of hydrogen-bond acceptors (Lipinski definition) is 3. The largest absolute Gasteiger partial charge is 0.322 e. The van der Waals surface area contributed by atoms with Gasteiger partial charge in [-0.25, -0.2) is 8.42 Å². The van der Waals surface area contributed by atoms with Crippen LogP contribution in [0.4, 0.5) is 11.4 Å². The Morgan fingerprint density at radius 1 is 0.964 bits per heavy atom. The van der Waals surface area contributed by atoms with Crippen LogP contribution in [0, 0.1) is 0 Å². The molecule has 0 heterocycles. The summed E-state index contributed by atoms with van der Waals surface area (Å²) in [6.07, 6.45) is 0. The highest BCUT2D eigenvalue weighted by atomic mass is 35.5. The van der Waals surface area contributed by atoms with Gasteiger partial charge in [0.25, 0.3) is 15.9 Å². The summed E-state index contributed by atoms with van der Waals surface area (Å²) in [4.78, 5) is 12.6. The third kappa shape index (κ3) is 4.35. The van der Waals surface area contributed by atoms with Gasteiger partial charge in [-0.05, 0) is 61.5 Å². The van der Waals surface area contributed by atoms with E-state index in [1.54, 1.807) is 85.8 Å². The summed E-state index contributed by atoms with van der Waals surface area (Å²) in [5.74, 6) is -0.303. The molecule has 7 heteroatoms. The van der Waals surface area contributed by atoms with Crippen molar-refractivity contribution in [3.63, 3.8) is 0 Å². The highest BCUT2D eigenvalue weighted by Crippen LogP contribution is 2.24. The first-order valence-electron chi connectivity index (χ1n) is 8.66. The lowest BCUT2D eigenvalue weighted by Crippen LogP contribution is -2.30. The SMILES string of the molecule is CCN(c1ccc(C(=O)Nc2cccc(Cl)c2)cc1)S(=O)(=O)c1ccccc1. The molecule has 0 atom stereocenters. The molecule has 0 aliphatic carbocycles. The topological polar surface area (TPSA) is 66.5 Å². The van der Waals surface area contributed by atoms with Gasteiger partial charge in [-0.2, -0.15) is 0 Å². The molecule has 1 N–H and O–H groups in total. The van der Waals surface area contributed by atoms with E-state index in [-0.39, 0.29) is 17.3 Å². The first kappa shape index (κ1) is 19.9. The molecule has 0 aromatic heterocycles. The third-order valence-corrected chi connectivity index (χ3v) is 6.27. The number of benzene rings is 3. The van der Waals surface area contributed by atoms with Crippen LogP contribution in [0.3, 0.4) is 0 Å². The monoisotopic (exact) mass is 414 g/mol. The minimum atomic E-state index is -3.67. The summed E-state index contributed by atoms with van der Waals surface area (Å²) in [6, 6.07) is 21.5. The Labute approximate surface area is 169 Å². The predicted octanol–water partition coefficient (Wildman–Crippen LogP) is 4.81. The van der Waals surface area contributed by atoms with Crippen molar-refractivity contribution < 1.29 is 13.2 Å². The van der Waals surface area contributed by atoms with Crippen LogP contribution in [-0.4, -0.2) is 20.9 Å². The fourth-order valence-electron chi connectivity index (χ4n) is 2.76. The number of anilines is 2. The number of carbonyl (C=O) groups excluding carboxylic acids is 1. The molecule has 0 fully saturated rings. The standard InChI is InChI=1S/C21H19ClN2O3S/c1-2-24(28(26,27)20-9-4-3-5-10-20)19-13-11-16(12-14-19)21(25)23-18-8-6-7-17(22)15-18/h3-15H,2H2,1H3,(H,23,25). The number of nitrogens with zero attached hydrogens (tertiary/aromatic N) is 1. The van der Waals surface area contributed by atoms with Crippen molar-refractivity contribution in [1.82, 2.24) is 0 Å². The fraction of sp³-hybridized carbons (Fsp3) is 0.0952. The Hall–Kier alpha value is -2.83. The molecule has 0 spiro atoms. The number of nitrogens with one attached hydrogen (secondary N) is 1. The van der Waals surface area contributed by atoms with Crippen LogP contribution >= 0.6 is 11.6 Å². The second kappa shape index (κ2) is 8.46. The third-order valence-electron chi connectivity index (χ3n) is 4.12. The quantitative estimate of drug-likeness (QED) is 0.629. The minimum Gasteiger partial charge on any atom is -0.322 e. The normalized spacial score (nSPS) is 11.1.